The number of likely N-dealkylation sites (N-methyl/N-ethyl adjacent to an activating group) is 1. The van der Waals surface area contributed by atoms with E-state index in [9.17, 15) is 4.79 Å². The number of esters is 1. The van der Waals surface area contributed by atoms with Crippen molar-refractivity contribution in [3.8, 4) is 0 Å². The second-order valence-corrected chi connectivity index (χ2v) is 8.87. The van der Waals surface area contributed by atoms with Gasteiger partial charge in [0.2, 0.25) is 0 Å². The Hall–Kier alpha value is 0.840. The Labute approximate surface area is 160 Å². The molecule has 0 spiro atoms. The van der Waals surface area contributed by atoms with E-state index in [2.05, 4.69) is 80.9 Å². The smallest absolute Gasteiger partial charge is 0.339 e. The number of halogens is 3. The van der Waals surface area contributed by atoms with Crippen molar-refractivity contribution in [2.45, 2.75) is 12.8 Å². The highest BCUT2D eigenvalue weighted by atomic mass is 127. The number of hydrogen-bond donors (Lipinski definition) is 0. The van der Waals surface area contributed by atoms with E-state index in [-0.39, 0.29) is 5.97 Å². The largest absolute Gasteiger partial charge is 0.456 e. The van der Waals surface area contributed by atoms with E-state index in [4.69, 9.17) is 4.74 Å². The minimum Gasteiger partial charge on any atom is -0.456 e. The molecule has 0 aromatic heterocycles. The van der Waals surface area contributed by atoms with Crippen molar-refractivity contribution in [2.24, 2.45) is 0 Å². The molecule has 110 valence electrons. The van der Waals surface area contributed by atoms with E-state index in [0.717, 1.165) is 21.7 Å². The first-order valence-corrected chi connectivity index (χ1v) is 9.80. The van der Waals surface area contributed by atoms with E-state index in [1.54, 1.807) is 0 Å². The zero-order valence-corrected chi connectivity index (χ0v) is 17.8. The Morgan fingerprint density at radius 3 is 2.55 bits per heavy atom. The molecule has 0 atom stereocenters. The number of carbonyl (C=O) groups is 1. The molecule has 1 aromatic carbocycles. The van der Waals surface area contributed by atoms with Gasteiger partial charge < -0.3 is 9.22 Å². The molecule has 0 bridgehead atoms. The lowest BCUT2D eigenvalue weighted by atomic mass is 10.2. The number of rotatable bonds is 4. The van der Waals surface area contributed by atoms with Crippen molar-refractivity contribution in [2.75, 3.05) is 33.3 Å². The summed E-state index contributed by atoms with van der Waals surface area (Å²) in [4.78, 5) is 12.2. The van der Waals surface area contributed by atoms with E-state index in [0.29, 0.717) is 12.2 Å². The maximum atomic E-state index is 12.2. The lowest BCUT2D eigenvalue weighted by molar-refractivity contribution is -0.897. The van der Waals surface area contributed by atoms with Crippen molar-refractivity contribution >= 4 is 73.7 Å². The molecule has 0 amide bonds. The molecule has 6 heteroatoms. The van der Waals surface area contributed by atoms with Crippen LogP contribution in [0.15, 0.2) is 12.1 Å². The van der Waals surface area contributed by atoms with Crippen LogP contribution in [0, 0.1) is 10.7 Å². The van der Waals surface area contributed by atoms with Crippen LogP contribution in [0.4, 0.5) is 0 Å². The lowest BCUT2D eigenvalue weighted by Crippen LogP contribution is -2.43. The van der Waals surface area contributed by atoms with Crippen LogP contribution in [0.1, 0.15) is 23.2 Å². The molecule has 0 unspecified atom stereocenters. The summed E-state index contributed by atoms with van der Waals surface area (Å²) in [5.74, 6) is -0.198. The molecular weight excluding hydrogens is 595 g/mol. The Balaban J connectivity index is 1.95. The van der Waals surface area contributed by atoms with Crippen LogP contribution < -0.4 is 0 Å². The number of carbonyl (C=O) groups excluding carboxylic acids is 1. The minimum atomic E-state index is -0.198. The second kappa shape index (κ2) is 7.40. The first-order valence-electron chi connectivity index (χ1n) is 6.56. The van der Waals surface area contributed by atoms with Gasteiger partial charge in [0.05, 0.1) is 25.7 Å². The fourth-order valence-electron chi connectivity index (χ4n) is 2.46. The van der Waals surface area contributed by atoms with Gasteiger partial charge in [-0.05, 0) is 79.9 Å². The molecule has 1 aromatic rings. The summed E-state index contributed by atoms with van der Waals surface area (Å²) in [7, 11) is 2.25. The van der Waals surface area contributed by atoms with Gasteiger partial charge in [0.1, 0.15) is 13.2 Å². The SMILES string of the molecule is C[N+]1(CCOC(=O)c2cc(I)cc(I)c2I)CCCC1. The number of likely N-dealkylation sites (tertiary alicyclic amines) is 1. The number of hydrogen-bond acceptors (Lipinski definition) is 2. The first-order chi connectivity index (χ1) is 9.41. The Bertz CT molecular complexity index is 513. The van der Waals surface area contributed by atoms with Gasteiger partial charge in [-0.25, -0.2) is 4.79 Å². The Kier molecular flexibility index (Phi) is 6.37. The molecule has 0 radical (unpaired) electrons. The standard InChI is InChI=1S/C14H17I3NO2/c1-18(4-2-3-5-18)6-7-20-14(19)11-8-10(15)9-12(16)13(11)17/h8-9H,2-7H2,1H3/q+1. The number of benzene rings is 1. The average Bonchev–Trinajstić information content (AvgIpc) is 2.80. The summed E-state index contributed by atoms with van der Waals surface area (Å²) in [5.41, 5.74) is 0.686. The maximum absolute atomic E-state index is 12.2. The predicted molar refractivity (Wildman–Crippen MR) is 105 cm³/mol. The predicted octanol–water partition coefficient (Wildman–Crippen LogP) is 3.90. The molecule has 0 saturated carbocycles. The van der Waals surface area contributed by atoms with Crippen LogP contribution in [0.3, 0.4) is 0 Å². The summed E-state index contributed by atoms with van der Waals surface area (Å²) in [5, 5.41) is 0. The van der Waals surface area contributed by atoms with Gasteiger partial charge in [-0.2, -0.15) is 0 Å². The maximum Gasteiger partial charge on any atom is 0.339 e. The Morgan fingerprint density at radius 1 is 1.25 bits per heavy atom. The van der Waals surface area contributed by atoms with Crippen LogP contribution in [0.2, 0.25) is 0 Å². The van der Waals surface area contributed by atoms with E-state index < -0.39 is 0 Å². The van der Waals surface area contributed by atoms with E-state index in [1.165, 1.54) is 25.9 Å². The highest BCUT2D eigenvalue weighted by Gasteiger charge is 2.27. The van der Waals surface area contributed by atoms with Crippen LogP contribution in [0.5, 0.6) is 0 Å². The van der Waals surface area contributed by atoms with Crippen molar-refractivity contribution in [1.82, 2.24) is 0 Å². The monoisotopic (exact) mass is 612 g/mol. The number of ether oxygens (including phenoxy) is 1. The quantitative estimate of drug-likeness (QED) is 0.224. The van der Waals surface area contributed by atoms with Gasteiger partial charge in [0.15, 0.2) is 0 Å². The Morgan fingerprint density at radius 2 is 1.90 bits per heavy atom. The van der Waals surface area contributed by atoms with Crippen LogP contribution in [0.25, 0.3) is 0 Å². The van der Waals surface area contributed by atoms with Crippen LogP contribution in [-0.2, 0) is 4.74 Å². The summed E-state index contributed by atoms with van der Waals surface area (Å²) < 4.78 is 9.66. The van der Waals surface area contributed by atoms with Gasteiger partial charge in [-0.15, -0.1) is 0 Å². The van der Waals surface area contributed by atoms with Crippen molar-refractivity contribution < 1.29 is 14.0 Å². The molecule has 3 nitrogen and oxygen atoms in total. The van der Waals surface area contributed by atoms with Gasteiger partial charge in [-0.1, -0.05) is 0 Å². The highest BCUT2D eigenvalue weighted by molar-refractivity contribution is 14.1. The molecule has 0 aliphatic carbocycles. The molecule has 20 heavy (non-hydrogen) atoms. The van der Waals surface area contributed by atoms with Crippen LogP contribution in [-0.4, -0.2) is 43.7 Å². The summed E-state index contributed by atoms with van der Waals surface area (Å²) in [6.45, 7) is 3.84. The summed E-state index contributed by atoms with van der Waals surface area (Å²) in [6, 6.07) is 3.97. The number of quaternary nitrogens is 1. The molecule has 1 saturated heterocycles. The molecule has 1 aliphatic rings. The van der Waals surface area contributed by atoms with Gasteiger partial charge in [0, 0.05) is 23.6 Å². The summed E-state index contributed by atoms with van der Waals surface area (Å²) >= 11 is 6.70. The average molecular weight is 612 g/mol. The van der Waals surface area contributed by atoms with Crippen molar-refractivity contribution in [3.05, 3.63) is 28.4 Å². The molecular formula is C14H17I3NO2+. The molecule has 0 N–H and O–H groups in total. The third kappa shape index (κ3) is 4.42. The lowest BCUT2D eigenvalue weighted by Gasteiger charge is -2.28. The van der Waals surface area contributed by atoms with Gasteiger partial charge in [0.25, 0.3) is 0 Å². The fraction of sp³-hybridized carbons (Fsp3) is 0.500. The molecule has 1 heterocycles. The van der Waals surface area contributed by atoms with Gasteiger partial charge >= 0.3 is 5.97 Å². The van der Waals surface area contributed by atoms with E-state index >= 15 is 0 Å². The zero-order valence-electron chi connectivity index (χ0n) is 11.3. The number of nitrogens with zero attached hydrogens (tertiary/aromatic N) is 1. The topological polar surface area (TPSA) is 26.3 Å². The van der Waals surface area contributed by atoms with E-state index in [1.807, 2.05) is 6.07 Å². The minimum absolute atomic E-state index is 0.198. The van der Waals surface area contributed by atoms with Crippen LogP contribution >= 0.6 is 67.8 Å². The van der Waals surface area contributed by atoms with Crippen molar-refractivity contribution in [1.29, 1.82) is 0 Å². The van der Waals surface area contributed by atoms with Crippen molar-refractivity contribution in [3.63, 3.8) is 0 Å². The third-order valence-electron chi connectivity index (χ3n) is 3.72. The summed E-state index contributed by atoms with van der Waals surface area (Å²) in [6.07, 6.45) is 2.58. The highest BCUT2D eigenvalue weighted by Crippen LogP contribution is 2.23. The normalized spacial score (nSPS) is 17.2. The molecule has 1 aliphatic heterocycles. The van der Waals surface area contributed by atoms with Gasteiger partial charge in [-0.3, -0.25) is 0 Å². The molecule has 2 rings (SSSR count). The first kappa shape index (κ1) is 17.2. The fourth-order valence-corrected chi connectivity index (χ4v) is 4.84. The third-order valence-corrected chi connectivity index (χ3v) is 7.39. The zero-order chi connectivity index (χ0) is 14.8. The molecule has 1 fully saturated rings. The second-order valence-electron chi connectivity index (χ2n) is 5.38.